The molecular weight excluding hydrogens is 355 g/mol. The molecule has 0 amide bonds. The van der Waals surface area contributed by atoms with Crippen molar-refractivity contribution in [3.63, 3.8) is 0 Å². The summed E-state index contributed by atoms with van der Waals surface area (Å²) in [5.74, 6) is 1.49. The molecule has 1 aromatic heterocycles. The van der Waals surface area contributed by atoms with Crippen LogP contribution in [0, 0.1) is 5.92 Å². The van der Waals surface area contributed by atoms with E-state index in [1.165, 1.54) is 12.1 Å². The summed E-state index contributed by atoms with van der Waals surface area (Å²) in [4.78, 5) is 6.46. The molecule has 0 aliphatic carbocycles. The van der Waals surface area contributed by atoms with Gasteiger partial charge in [0, 0.05) is 18.8 Å². The molecule has 0 saturated carbocycles. The van der Waals surface area contributed by atoms with Crippen LogP contribution in [0.15, 0.2) is 24.4 Å². The lowest BCUT2D eigenvalue weighted by molar-refractivity contribution is -0.137. The van der Waals surface area contributed by atoms with Crippen LogP contribution < -0.4 is 10.2 Å². The molecule has 1 saturated heterocycles. The van der Waals surface area contributed by atoms with Crippen LogP contribution in [0.4, 0.5) is 30.6 Å². The minimum atomic E-state index is -4.53. The van der Waals surface area contributed by atoms with Gasteiger partial charge in [0.05, 0.1) is 16.8 Å². The molecular formula is C16H17ClF3N5. The maximum Gasteiger partial charge on any atom is 0.417 e. The summed E-state index contributed by atoms with van der Waals surface area (Å²) >= 11 is 5.62. The van der Waals surface area contributed by atoms with Crippen molar-refractivity contribution >= 4 is 29.1 Å². The highest BCUT2D eigenvalue weighted by Gasteiger charge is 2.33. The van der Waals surface area contributed by atoms with Crippen LogP contribution in [0.5, 0.6) is 0 Å². The number of nitrogens with one attached hydrogen (secondary N) is 1. The predicted molar refractivity (Wildman–Crippen MR) is 90.2 cm³/mol. The molecule has 0 bridgehead atoms. The number of aromatic nitrogens is 3. The number of benzene rings is 1. The molecule has 2 aromatic rings. The molecule has 1 aromatic carbocycles. The van der Waals surface area contributed by atoms with E-state index in [9.17, 15) is 13.2 Å². The molecule has 9 heteroatoms. The van der Waals surface area contributed by atoms with Gasteiger partial charge in [-0.25, -0.2) is 0 Å². The van der Waals surface area contributed by atoms with Crippen LogP contribution in [-0.2, 0) is 6.18 Å². The van der Waals surface area contributed by atoms with Crippen molar-refractivity contribution in [2.45, 2.75) is 25.9 Å². The molecule has 2 heterocycles. The average molecular weight is 372 g/mol. The van der Waals surface area contributed by atoms with Gasteiger partial charge in [-0.3, -0.25) is 0 Å². The van der Waals surface area contributed by atoms with Gasteiger partial charge in [0.25, 0.3) is 0 Å². The smallest absolute Gasteiger partial charge is 0.355 e. The zero-order valence-electron chi connectivity index (χ0n) is 13.5. The summed E-state index contributed by atoms with van der Waals surface area (Å²) in [5.41, 5.74) is -0.712. The van der Waals surface area contributed by atoms with Crippen molar-refractivity contribution in [1.82, 2.24) is 15.2 Å². The molecule has 1 N–H and O–H groups in total. The van der Waals surface area contributed by atoms with Crippen molar-refractivity contribution in [2.24, 2.45) is 5.92 Å². The van der Waals surface area contributed by atoms with Crippen molar-refractivity contribution in [3.8, 4) is 0 Å². The van der Waals surface area contributed by atoms with E-state index in [0.29, 0.717) is 11.7 Å². The molecule has 0 atom stereocenters. The van der Waals surface area contributed by atoms with E-state index >= 15 is 0 Å². The fraction of sp³-hybridized carbons (Fsp3) is 0.438. The maximum atomic E-state index is 12.9. The van der Waals surface area contributed by atoms with Gasteiger partial charge < -0.3 is 10.2 Å². The van der Waals surface area contributed by atoms with E-state index in [0.717, 1.165) is 32.0 Å². The third-order valence-corrected chi connectivity index (χ3v) is 4.51. The van der Waals surface area contributed by atoms with Gasteiger partial charge in [-0.1, -0.05) is 18.5 Å². The standard InChI is InChI=1S/C16H17ClF3N5/c1-10-4-6-25(7-5-10)14-9-21-24-15(23-14)22-11-2-3-13(17)12(8-11)16(18,19)20/h2-3,8-10H,4-7H2,1H3,(H,22,23,24). The Hall–Kier alpha value is -2.09. The van der Waals surface area contributed by atoms with Gasteiger partial charge in [0.1, 0.15) is 0 Å². The van der Waals surface area contributed by atoms with Crippen molar-refractivity contribution in [3.05, 3.63) is 35.0 Å². The number of rotatable bonds is 3. The number of piperidine rings is 1. The summed E-state index contributed by atoms with van der Waals surface area (Å²) in [6.45, 7) is 3.96. The van der Waals surface area contributed by atoms with Crippen molar-refractivity contribution in [1.29, 1.82) is 0 Å². The molecule has 1 aliphatic rings. The fourth-order valence-corrected chi connectivity index (χ4v) is 2.91. The van der Waals surface area contributed by atoms with Crippen LogP contribution in [0.1, 0.15) is 25.3 Å². The molecule has 1 aliphatic heterocycles. The quantitative estimate of drug-likeness (QED) is 0.859. The Kier molecular flexibility index (Phi) is 4.99. The number of anilines is 3. The lowest BCUT2D eigenvalue weighted by Gasteiger charge is -2.30. The first-order chi connectivity index (χ1) is 11.8. The zero-order valence-corrected chi connectivity index (χ0v) is 14.3. The second kappa shape index (κ2) is 7.03. The van der Waals surface area contributed by atoms with Crippen LogP contribution in [0.2, 0.25) is 5.02 Å². The highest BCUT2D eigenvalue weighted by molar-refractivity contribution is 6.31. The minimum absolute atomic E-state index is 0.145. The first-order valence-electron chi connectivity index (χ1n) is 7.91. The van der Waals surface area contributed by atoms with E-state index in [1.807, 2.05) is 0 Å². The third-order valence-electron chi connectivity index (χ3n) is 4.18. The number of hydrogen-bond acceptors (Lipinski definition) is 5. The highest BCUT2D eigenvalue weighted by Crippen LogP contribution is 2.36. The van der Waals surface area contributed by atoms with Crippen LogP contribution in [0.25, 0.3) is 0 Å². The molecule has 0 unspecified atom stereocenters. The Morgan fingerprint density at radius 1 is 1.24 bits per heavy atom. The van der Waals surface area contributed by atoms with E-state index in [2.05, 4.69) is 32.3 Å². The third kappa shape index (κ3) is 4.31. The van der Waals surface area contributed by atoms with Gasteiger partial charge in [0.15, 0.2) is 5.82 Å². The van der Waals surface area contributed by atoms with E-state index in [1.54, 1.807) is 6.20 Å². The van der Waals surface area contributed by atoms with Crippen LogP contribution in [0.3, 0.4) is 0 Å². The molecule has 3 rings (SSSR count). The topological polar surface area (TPSA) is 53.9 Å². The van der Waals surface area contributed by atoms with Gasteiger partial charge in [0.2, 0.25) is 5.95 Å². The van der Waals surface area contributed by atoms with E-state index in [-0.39, 0.29) is 16.7 Å². The number of alkyl halides is 3. The van der Waals surface area contributed by atoms with Gasteiger partial charge in [-0.2, -0.15) is 23.3 Å². The molecule has 1 fully saturated rings. The minimum Gasteiger partial charge on any atom is -0.355 e. The molecule has 5 nitrogen and oxygen atoms in total. The first kappa shape index (κ1) is 17.7. The molecule has 134 valence electrons. The van der Waals surface area contributed by atoms with E-state index < -0.39 is 11.7 Å². The largest absolute Gasteiger partial charge is 0.417 e. The highest BCUT2D eigenvalue weighted by atomic mass is 35.5. The van der Waals surface area contributed by atoms with Crippen LogP contribution in [-0.4, -0.2) is 28.3 Å². The maximum absolute atomic E-state index is 12.9. The van der Waals surface area contributed by atoms with Gasteiger partial charge in [-0.15, -0.1) is 5.10 Å². The second-order valence-electron chi connectivity index (χ2n) is 6.13. The lowest BCUT2D eigenvalue weighted by atomic mass is 9.99. The molecule has 25 heavy (non-hydrogen) atoms. The Labute approximate surface area is 148 Å². The predicted octanol–water partition coefficient (Wildman–Crippen LogP) is 4.52. The summed E-state index contributed by atoms with van der Waals surface area (Å²) in [6, 6.07) is 3.56. The Morgan fingerprint density at radius 2 is 1.96 bits per heavy atom. The molecule has 0 radical (unpaired) electrons. The van der Waals surface area contributed by atoms with Crippen molar-refractivity contribution in [2.75, 3.05) is 23.3 Å². The zero-order chi connectivity index (χ0) is 18.0. The lowest BCUT2D eigenvalue weighted by Crippen LogP contribution is -2.33. The fourth-order valence-electron chi connectivity index (χ4n) is 2.69. The normalized spacial score (nSPS) is 16.1. The summed E-state index contributed by atoms with van der Waals surface area (Å²) in [5, 5.41) is 10.2. The average Bonchev–Trinajstić information content (AvgIpc) is 2.56. The summed E-state index contributed by atoms with van der Waals surface area (Å²) in [6.07, 6.45) is -0.831. The number of hydrogen-bond donors (Lipinski definition) is 1. The van der Waals surface area contributed by atoms with E-state index in [4.69, 9.17) is 11.6 Å². The SMILES string of the molecule is CC1CCN(c2cnnc(Nc3ccc(Cl)c(C(F)(F)F)c3)n2)CC1. The number of nitrogens with zero attached hydrogens (tertiary/aromatic N) is 4. The summed E-state index contributed by atoms with van der Waals surface area (Å²) < 4.78 is 38.8. The van der Waals surface area contributed by atoms with Gasteiger partial charge >= 0.3 is 6.18 Å². The van der Waals surface area contributed by atoms with Crippen LogP contribution >= 0.6 is 11.6 Å². The summed E-state index contributed by atoms with van der Waals surface area (Å²) in [7, 11) is 0. The Bertz CT molecular complexity index is 745. The second-order valence-corrected chi connectivity index (χ2v) is 6.53. The Balaban J connectivity index is 1.79. The first-order valence-corrected chi connectivity index (χ1v) is 8.29. The van der Waals surface area contributed by atoms with Gasteiger partial charge in [-0.05, 0) is 37.0 Å². The monoisotopic (exact) mass is 371 g/mol. The van der Waals surface area contributed by atoms with Crippen molar-refractivity contribution < 1.29 is 13.2 Å². The Morgan fingerprint density at radius 3 is 2.64 bits per heavy atom. The molecule has 0 spiro atoms. The number of halogens is 4.